The van der Waals surface area contributed by atoms with Crippen LogP contribution in [0.2, 0.25) is 0 Å². The van der Waals surface area contributed by atoms with E-state index in [0.717, 1.165) is 49.8 Å². The molecule has 2 aromatic rings. The second kappa shape index (κ2) is 9.57. The van der Waals surface area contributed by atoms with Crippen molar-refractivity contribution >= 4 is 22.9 Å². The Bertz CT molecular complexity index is 1220. The molecule has 4 atom stereocenters. The van der Waals surface area contributed by atoms with Crippen molar-refractivity contribution in [2.75, 3.05) is 31.9 Å². The number of ether oxygens (including phenoxy) is 4. The van der Waals surface area contributed by atoms with Crippen LogP contribution in [0.4, 0.5) is 10.6 Å². The molecule has 0 unspecified atom stereocenters. The van der Waals surface area contributed by atoms with Gasteiger partial charge in [0.2, 0.25) is 0 Å². The third kappa shape index (κ3) is 4.98. The minimum Gasteiger partial charge on any atom is -0.444 e. The van der Waals surface area contributed by atoms with Crippen molar-refractivity contribution in [3.63, 3.8) is 0 Å². The molecule has 4 aliphatic rings. The van der Waals surface area contributed by atoms with Gasteiger partial charge in [-0.1, -0.05) is 6.42 Å². The van der Waals surface area contributed by atoms with E-state index < -0.39 is 11.4 Å². The number of aromatic nitrogens is 3. The maximum atomic E-state index is 12.7. The van der Waals surface area contributed by atoms with E-state index in [0.29, 0.717) is 18.9 Å². The van der Waals surface area contributed by atoms with E-state index in [9.17, 15) is 4.79 Å². The van der Waals surface area contributed by atoms with Crippen molar-refractivity contribution in [2.45, 2.75) is 108 Å². The summed E-state index contributed by atoms with van der Waals surface area (Å²) < 4.78 is 27.2. The van der Waals surface area contributed by atoms with E-state index in [-0.39, 0.29) is 36.2 Å². The quantitative estimate of drug-likeness (QED) is 0.620. The third-order valence-electron chi connectivity index (χ3n) is 8.68. The summed E-state index contributed by atoms with van der Waals surface area (Å²) in [7, 11) is 0. The maximum Gasteiger partial charge on any atom is 0.410 e. The largest absolute Gasteiger partial charge is 0.444 e. The van der Waals surface area contributed by atoms with Crippen molar-refractivity contribution in [3.8, 4) is 0 Å². The zero-order valence-corrected chi connectivity index (χ0v) is 23.8. The molecule has 1 spiro atoms. The van der Waals surface area contributed by atoms with Crippen molar-refractivity contribution < 1.29 is 23.7 Å². The molecule has 0 aromatic carbocycles. The van der Waals surface area contributed by atoms with Crippen LogP contribution in [0.15, 0.2) is 18.6 Å². The van der Waals surface area contributed by atoms with E-state index in [4.69, 9.17) is 24.7 Å². The number of rotatable bonds is 3. The summed E-state index contributed by atoms with van der Waals surface area (Å²) >= 11 is 0. The van der Waals surface area contributed by atoms with Gasteiger partial charge in [0.15, 0.2) is 12.0 Å². The highest BCUT2D eigenvalue weighted by atomic mass is 16.8. The fraction of sp³-hybridized carbons (Fsp3) is 0.750. The molecule has 214 valence electrons. The summed E-state index contributed by atoms with van der Waals surface area (Å²) in [5, 5.41) is 0.797. The number of nitrogens with two attached hydrogens (primary N) is 1. The van der Waals surface area contributed by atoms with Crippen molar-refractivity contribution in [1.82, 2.24) is 24.3 Å². The minimum absolute atomic E-state index is 0.0461. The van der Waals surface area contributed by atoms with Crippen LogP contribution in [0, 0.1) is 0 Å². The van der Waals surface area contributed by atoms with Gasteiger partial charge in [-0.25, -0.2) is 14.8 Å². The summed E-state index contributed by atoms with van der Waals surface area (Å²) in [5.41, 5.74) is 6.39. The summed E-state index contributed by atoms with van der Waals surface area (Å²) in [6.45, 7) is 12.8. The summed E-state index contributed by atoms with van der Waals surface area (Å²) in [6, 6.07) is 1.93. The fourth-order valence-electron chi connectivity index (χ4n) is 6.88. The lowest BCUT2D eigenvalue weighted by atomic mass is 9.78. The molecule has 0 aliphatic carbocycles. The van der Waals surface area contributed by atoms with Gasteiger partial charge in [0, 0.05) is 31.4 Å². The first-order valence-corrected chi connectivity index (χ1v) is 14.3. The number of fused-ring (bicyclic) bond motifs is 2. The number of carbonyl (C=O) groups excluding carboxylic acids is 1. The van der Waals surface area contributed by atoms with Gasteiger partial charge in [0.1, 0.15) is 41.7 Å². The van der Waals surface area contributed by atoms with Crippen LogP contribution in [0.1, 0.15) is 73.0 Å². The second-order valence-corrected chi connectivity index (χ2v) is 12.9. The highest BCUT2D eigenvalue weighted by Crippen LogP contribution is 2.46. The Labute approximate surface area is 229 Å². The number of likely N-dealkylation sites (tertiary alicyclic amines) is 2. The first-order valence-electron chi connectivity index (χ1n) is 14.3. The number of nitrogens with zero attached hydrogens (tertiary/aromatic N) is 5. The molecule has 0 bridgehead atoms. The predicted molar refractivity (Wildman–Crippen MR) is 145 cm³/mol. The van der Waals surface area contributed by atoms with E-state index >= 15 is 0 Å². The van der Waals surface area contributed by atoms with Gasteiger partial charge in [-0.05, 0) is 72.9 Å². The van der Waals surface area contributed by atoms with Gasteiger partial charge >= 0.3 is 6.09 Å². The van der Waals surface area contributed by atoms with Gasteiger partial charge in [-0.3, -0.25) is 4.90 Å². The van der Waals surface area contributed by atoms with Crippen LogP contribution >= 0.6 is 0 Å². The molecule has 11 nitrogen and oxygen atoms in total. The van der Waals surface area contributed by atoms with E-state index in [1.54, 1.807) is 0 Å². The van der Waals surface area contributed by atoms with E-state index in [1.165, 1.54) is 12.7 Å². The molecule has 11 heteroatoms. The molecule has 4 saturated heterocycles. The van der Waals surface area contributed by atoms with Gasteiger partial charge < -0.3 is 34.1 Å². The maximum absolute atomic E-state index is 12.7. The van der Waals surface area contributed by atoms with Crippen LogP contribution < -0.4 is 5.73 Å². The molecule has 2 N–H and O–H groups in total. The molecule has 4 aliphatic heterocycles. The monoisotopic (exact) mass is 542 g/mol. The number of hydrogen-bond acceptors (Lipinski definition) is 9. The standard InChI is InChI=1S/C28H42N6O5/c1-26(2,3)39-25(35)32-14-10-28(11-15-32)9-6-7-12-33(28)16-19-20-21(38-27(4,5)37-20)24(36-19)34-13-8-18-22(29)30-17-31-23(18)34/h8,13,17,19-21,24H,6-7,9-12,14-16H2,1-5H3,(H2,29,30,31)/t19-,20-,21-,24-/m1/s1. The van der Waals surface area contributed by atoms with Gasteiger partial charge in [0.05, 0.1) is 5.39 Å². The van der Waals surface area contributed by atoms with Crippen molar-refractivity contribution in [3.05, 3.63) is 18.6 Å². The number of amides is 1. The predicted octanol–water partition coefficient (Wildman–Crippen LogP) is 3.69. The highest BCUT2D eigenvalue weighted by molar-refractivity contribution is 5.86. The zero-order valence-electron chi connectivity index (χ0n) is 23.8. The first-order chi connectivity index (χ1) is 18.4. The fourth-order valence-corrected chi connectivity index (χ4v) is 6.88. The minimum atomic E-state index is -0.703. The highest BCUT2D eigenvalue weighted by Gasteiger charge is 2.57. The Morgan fingerprint density at radius 1 is 1.10 bits per heavy atom. The molecule has 6 rings (SSSR count). The lowest BCUT2D eigenvalue weighted by molar-refractivity contribution is -0.200. The number of nitrogen functional groups attached to an aromatic ring is 1. The van der Waals surface area contributed by atoms with Crippen LogP contribution in [0.5, 0.6) is 0 Å². The van der Waals surface area contributed by atoms with E-state index in [2.05, 4.69) is 14.9 Å². The second-order valence-electron chi connectivity index (χ2n) is 12.9. The number of carbonyl (C=O) groups is 1. The Kier molecular flexibility index (Phi) is 6.56. The zero-order chi connectivity index (χ0) is 27.6. The van der Waals surface area contributed by atoms with Gasteiger partial charge in [0.25, 0.3) is 0 Å². The summed E-state index contributed by atoms with van der Waals surface area (Å²) in [5.74, 6) is -0.257. The summed E-state index contributed by atoms with van der Waals surface area (Å²) in [4.78, 5) is 25.8. The SMILES string of the molecule is CC(C)(C)OC(=O)N1CCC2(CCCCN2C[C@H]2O[C@@H](n3ccc4c(N)ncnc43)[C@@H]3OC(C)(C)O[C@@H]32)CC1. The van der Waals surface area contributed by atoms with Crippen LogP contribution in [-0.4, -0.2) is 91.8 Å². The average molecular weight is 543 g/mol. The molecular formula is C28H42N6O5. The Morgan fingerprint density at radius 2 is 1.85 bits per heavy atom. The molecule has 1 amide bonds. The molecule has 0 radical (unpaired) electrons. The smallest absolute Gasteiger partial charge is 0.410 e. The number of piperidine rings is 2. The number of anilines is 1. The molecule has 4 fully saturated rings. The van der Waals surface area contributed by atoms with E-state index in [1.807, 2.05) is 56.3 Å². The Hall–Kier alpha value is -2.47. The van der Waals surface area contributed by atoms with Gasteiger partial charge in [-0.2, -0.15) is 0 Å². The number of hydrogen-bond donors (Lipinski definition) is 1. The summed E-state index contributed by atoms with van der Waals surface area (Å²) in [6.07, 6.45) is 7.52. The molecule has 2 aromatic heterocycles. The van der Waals surface area contributed by atoms with Crippen LogP contribution in [-0.2, 0) is 18.9 Å². The third-order valence-corrected chi connectivity index (χ3v) is 8.68. The topological polar surface area (TPSA) is 117 Å². The molecular weight excluding hydrogens is 500 g/mol. The normalized spacial score (nSPS) is 30.6. The van der Waals surface area contributed by atoms with Crippen LogP contribution in [0.25, 0.3) is 11.0 Å². The molecule has 0 saturated carbocycles. The lowest BCUT2D eigenvalue weighted by Gasteiger charge is -2.52. The molecule has 39 heavy (non-hydrogen) atoms. The van der Waals surface area contributed by atoms with Crippen LogP contribution in [0.3, 0.4) is 0 Å². The van der Waals surface area contributed by atoms with Gasteiger partial charge in [-0.15, -0.1) is 0 Å². The van der Waals surface area contributed by atoms with Crippen molar-refractivity contribution in [1.29, 1.82) is 0 Å². The average Bonchev–Trinajstić information content (AvgIpc) is 3.52. The Balaban J connectivity index is 1.21. The first kappa shape index (κ1) is 26.7. The molecule has 6 heterocycles. The Morgan fingerprint density at radius 3 is 2.59 bits per heavy atom. The lowest BCUT2D eigenvalue weighted by Crippen LogP contribution is -2.60. The van der Waals surface area contributed by atoms with Crippen molar-refractivity contribution in [2.24, 2.45) is 0 Å².